The molecule has 240 valence electrons. The molecule has 0 fully saturated rings. The van der Waals surface area contributed by atoms with E-state index in [1.54, 1.807) is 0 Å². The van der Waals surface area contributed by atoms with Crippen LogP contribution in [-0.2, 0) is 19.3 Å². The molecular weight excluding hydrogens is 576 g/mol. The molecule has 3 heterocycles. The Labute approximate surface area is 278 Å². The monoisotopic (exact) mass is 622 g/mol. The fraction of sp³-hybridized carbons (Fsp3) is 0.333. The Morgan fingerprint density at radius 2 is 1.62 bits per heavy atom. The predicted molar refractivity (Wildman–Crippen MR) is 195 cm³/mol. The number of aromatic nitrogens is 4. The van der Waals surface area contributed by atoms with Crippen molar-refractivity contribution in [1.29, 1.82) is 0 Å². The van der Waals surface area contributed by atoms with Gasteiger partial charge in [-0.1, -0.05) is 64.5 Å². The molecule has 1 unspecified atom stereocenters. The van der Waals surface area contributed by atoms with Crippen LogP contribution in [0.5, 0.6) is 11.5 Å². The lowest BCUT2D eigenvalue weighted by Gasteiger charge is -2.33. The van der Waals surface area contributed by atoms with E-state index in [4.69, 9.17) is 14.8 Å². The van der Waals surface area contributed by atoms with Crippen molar-refractivity contribution in [3.63, 3.8) is 0 Å². The lowest BCUT2D eigenvalue weighted by atomic mass is 9.72. The quantitative estimate of drug-likeness (QED) is 0.159. The SMILES string of the molecule is CCc1cc(Oc2ccc3c4ccccc4n(-c4cc(C)ccn4)c3c2)cc(-n2nc(CC)c(C3C(C)=C[C@H](C)C[C@@H]3C)c2CC)c1. The molecule has 0 N–H and O–H groups in total. The summed E-state index contributed by atoms with van der Waals surface area (Å²) in [6, 6.07) is 25.7. The Balaban J connectivity index is 1.32. The molecule has 1 aliphatic rings. The average molecular weight is 623 g/mol. The van der Waals surface area contributed by atoms with Crippen molar-refractivity contribution in [3.05, 3.63) is 119 Å². The average Bonchev–Trinajstić information content (AvgIpc) is 3.59. The molecule has 3 aromatic carbocycles. The van der Waals surface area contributed by atoms with Gasteiger partial charge in [-0.2, -0.15) is 5.10 Å². The summed E-state index contributed by atoms with van der Waals surface area (Å²) in [5.41, 5.74) is 11.1. The summed E-state index contributed by atoms with van der Waals surface area (Å²) in [6.07, 6.45) is 8.33. The fourth-order valence-electron chi connectivity index (χ4n) is 8.06. The van der Waals surface area contributed by atoms with Crippen molar-refractivity contribution in [2.75, 3.05) is 0 Å². The molecule has 5 heteroatoms. The second-order valence-electron chi connectivity index (χ2n) is 13.5. The number of ether oxygens (including phenoxy) is 1. The molecular formula is C42H46N4O. The maximum absolute atomic E-state index is 6.72. The van der Waals surface area contributed by atoms with Gasteiger partial charge in [0.2, 0.25) is 0 Å². The van der Waals surface area contributed by atoms with E-state index < -0.39 is 0 Å². The number of hydrogen-bond acceptors (Lipinski definition) is 3. The molecule has 3 aromatic heterocycles. The van der Waals surface area contributed by atoms with Gasteiger partial charge in [0.05, 0.1) is 22.4 Å². The van der Waals surface area contributed by atoms with E-state index >= 15 is 0 Å². The number of para-hydroxylation sites is 1. The second kappa shape index (κ2) is 12.5. The van der Waals surface area contributed by atoms with E-state index in [1.807, 2.05) is 12.3 Å². The highest BCUT2D eigenvalue weighted by Crippen LogP contribution is 2.44. The van der Waals surface area contributed by atoms with Gasteiger partial charge < -0.3 is 4.74 Å². The molecule has 0 radical (unpaired) electrons. The Morgan fingerprint density at radius 3 is 2.36 bits per heavy atom. The third-order valence-corrected chi connectivity index (χ3v) is 10.0. The minimum Gasteiger partial charge on any atom is -0.457 e. The van der Waals surface area contributed by atoms with Crippen LogP contribution in [-0.4, -0.2) is 19.3 Å². The molecule has 0 bridgehead atoms. The highest BCUT2D eigenvalue weighted by atomic mass is 16.5. The van der Waals surface area contributed by atoms with Crippen LogP contribution in [0.25, 0.3) is 33.3 Å². The van der Waals surface area contributed by atoms with Crippen LogP contribution in [0.3, 0.4) is 0 Å². The first-order valence-corrected chi connectivity index (χ1v) is 17.4. The van der Waals surface area contributed by atoms with Crippen LogP contribution >= 0.6 is 0 Å². The molecule has 7 rings (SSSR count). The first kappa shape index (κ1) is 31.0. The van der Waals surface area contributed by atoms with Crippen molar-refractivity contribution in [1.82, 2.24) is 19.3 Å². The maximum Gasteiger partial charge on any atom is 0.137 e. The summed E-state index contributed by atoms with van der Waals surface area (Å²) in [6.45, 7) is 15.9. The number of benzene rings is 3. The Bertz CT molecular complexity index is 2130. The number of allylic oxidation sites excluding steroid dienone is 2. The number of nitrogens with zero attached hydrogens (tertiary/aromatic N) is 4. The molecule has 0 amide bonds. The lowest BCUT2D eigenvalue weighted by molar-refractivity contribution is 0.389. The normalized spacial score (nSPS) is 18.2. The van der Waals surface area contributed by atoms with Crippen molar-refractivity contribution >= 4 is 21.8 Å². The van der Waals surface area contributed by atoms with Gasteiger partial charge in [-0.05, 0) is 105 Å². The number of rotatable bonds is 8. The molecule has 0 saturated heterocycles. The number of hydrogen-bond donors (Lipinski definition) is 0. The topological polar surface area (TPSA) is 44.9 Å². The fourth-order valence-corrected chi connectivity index (χ4v) is 8.06. The smallest absolute Gasteiger partial charge is 0.137 e. The summed E-state index contributed by atoms with van der Waals surface area (Å²) in [7, 11) is 0. The van der Waals surface area contributed by atoms with Crippen LogP contribution in [0.2, 0.25) is 0 Å². The first-order chi connectivity index (χ1) is 22.8. The summed E-state index contributed by atoms with van der Waals surface area (Å²) in [5, 5.41) is 7.68. The minimum atomic E-state index is 0.413. The Kier molecular flexibility index (Phi) is 8.25. The van der Waals surface area contributed by atoms with Gasteiger partial charge in [-0.25, -0.2) is 9.67 Å². The largest absolute Gasteiger partial charge is 0.457 e. The third-order valence-electron chi connectivity index (χ3n) is 10.0. The molecule has 5 nitrogen and oxygen atoms in total. The first-order valence-electron chi connectivity index (χ1n) is 17.4. The molecule has 0 spiro atoms. The summed E-state index contributed by atoms with van der Waals surface area (Å²) in [4.78, 5) is 4.75. The van der Waals surface area contributed by atoms with Crippen molar-refractivity contribution < 1.29 is 4.74 Å². The van der Waals surface area contributed by atoms with Crippen LogP contribution in [0.4, 0.5) is 0 Å². The van der Waals surface area contributed by atoms with Crippen molar-refractivity contribution in [2.24, 2.45) is 11.8 Å². The van der Waals surface area contributed by atoms with E-state index in [9.17, 15) is 0 Å². The lowest BCUT2D eigenvalue weighted by Crippen LogP contribution is -2.21. The zero-order valence-corrected chi connectivity index (χ0v) is 28.8. The third kappa shape index (κ3) is 5.56. The van der Waals surface area contributed by atoms with E-state index in [-0.39, 0.29) is 0 Å². The summed E-state index contributed by atoms with van der Waals surface area (Å²) >= 11 is 0. The van der Waals surface area contributed by atoms with E-state index in [0.717, 1.165) is 53.3 Å². The highest BCUT2D eigenvalue weighted by molar-refractivity contribution is 6.09. The van der Waals surface area contributed by atoms with Crippen molar-refractivity contribution in [2.45, 2.75) is 80.1 Å². The molecule has 1 aliphatic carbocycles. The van der Waals surface area contributed by atoms with Gasteiger partial charge in [0.1, 0.15) is 17.3 Å². The van der Waals surface area contributed by atoms with Gasteiger partial charge in [0.15, 0.2) is 0 Å². The van der Waals surface area contributed by atoms with Gasteiger partial charge in [0.25, 0.3) is 0 Å². The molecule has 0 saturated carbocycles. The molecule has 47 heavy (non-hydrogen) atoms. The van der Waals surface area contributed by atoms with Gasteiger partial charge in [-0.15, -0.1) is 0 Å². The van der Waals surface area contributed by atoms with Gasteiger partial charge >= 0.3 is 0 Å². The van der Waals surface area contributed by atoms with E-state index in [1.165, 1.54) is 50.8 Å². The zero-order chi connectivity index (χ0) is 32.8. The number of aryl methyl sites for hydroxylation is 3. The minimum absolute atomic E-state index is 0.413. The highest BCUT2D eigenvalue weighted by Gasteiger charge is 2.32. The standard InChI is InChI=1S/C42H46N4O/c1-8-30-22-31(46-37(10-3)42(36(9-2)44-46)41-28(6)19-27(5)20-29(41)7)24-33(23-30)47-32-15-16-35-34-13-11-12-14-38(34)45(39(35)25-32)40-21-26(4)17-18-43-40/h11-19,21-25,27,29,41H,8-10,20H2,1-7H3/t27-,29-,41?/m0/s1. The van der Waals surface area contributed by atoms with Crippen LogP contribution < -0.4 is 4.74 Å². The summed E-state index contributed by atoms with van der Waals surface area (Å²) in [5.74, 6) is 4.15. The van der Waals surface area contributed by atoms with Crippen LogP contribution in [0.1, 0.15) is 82.0 Å². The van der Waals surface area contributed by atoms with Gasteiger partial charge in [0, 0.05) is 46.3 Å². The van der Waals surface area contributed by atoms with E-state index in [2.05, 4.69) is 131 Å². The number of fused-ring (bicyclic) bond motifs is 3. The van der Waals surface area contributed by atoms with Crippen LogP contribution in [0.15, 0.2) is 90.6 Å². The Hall–Kier alpha value is -4.64. The predicted octanol–water partition coefficient (Wildman–Crippen LogP) is 10.9. The maximum atomic E-state index is 6.72. The van der Waals surface area contributed by atoms with Gasteiger partial charge in [-0.3, -0.25) is 4.57 Å². The zero-order valence-electron chi connectivity index (χ0n) is 28.8. The van der Waals surface area contributed by atoms with Crippen LogP contribution in [0, 0.1) is 18.8 Å². The van der Waals surface area contributed by atoms with Crippen molar-refractivity contribution in [3.8, 4) is 23.0 Å². The summed E-state index contributed by atoms with van der Waals surface area (Å²) < 4.78 is 11.2. The van der Waals surface area contributed by atoms with E-state index in [0.29, 0.717) is 17.8 Å². The molecule has 3 atom stereocenters. The molecule has 0 aliphatic heterocycles. The second-order valence-corrected chi connectivity index (χ2v) is 13.5. The Morgan fingerprint density at radius 1 is 0.809 bits per heavy atom. The molecule has 6 aromatic rings. The number of pyridine rings is 1.